The molecule has 2 aliphatic heterocycles. The molecule has 5 unspecified atom stereocenters. The Morgan fingerprint density at radius 2 is 1.93 bits per heavy atom. The number of fused-ring (bicyclic) bond motifs is 1. The minimum absolute atomic E-state index is 0.00218. The lowest BCUT2D eigenvalue weighted by Gasteiger charge is -2.50. The summed E-state index contributed by atoms with van der Waals surface area (Å²) in [5, 5.41) is 0. The van der Waals surface area contributed by atoms with E-state index >= 15 is 0 Å². The SMILES string of the molecule is COC1(C)C(C)COC2COC(C)OC21. The quantitative estimate of drug-likeness (QED) is 0.659. The monoisotopic (exact) mass is 216 g/mol. The van der Waals surface area contributed by atoms with E-state index in [2.05, 4.69) is 13.8 Å². The van der Waals surface area contributed by atoms with E-state index in [1.165, 1.54) is 0 Å². The molecule has 4 nitrogen and oxygen atoms in total. The lowest BCUT2D eigenvalue weighted by Crippen LogP contribution is -2.63. The zero-order valence-electron chi connectivity index (χ0n) is 9.86. The summed E-state index contributed by atoms with van der Waals surface area (Å²) in [5.41, 5.74) is -0.277. The van der Waals surface area contributed by atoms with E-state index in [9.17, 15) is 0 Å². The number of methoxy groups -OCH3 is 1. The van der Waals surface area contributed by atoms with Gasteiger partial charge in [0.1, 0.15) is 12.2 Å². The minimum Gasteiger partial charge on any atom is -0.375 e. The van der Waals surface area contributed by atoms with E-state index in [-0.39, 0.29) is 24.1 Å². The summed E-state index contributed by atoms with van der Waals surface area (Å²) < 4.78 is 22.6. The van der Waals surface area contributed by atoms with Crippen molar-refractivity contribution < 1.29 is 18.9 Å². The molecule has 0 aromatic carbocycles. The topological polar surface area (TPSA) is 36.9 Å². The molecule has 0 amide bonds. The summed E-state index contributed by atoms with van der Waals surface area (Å²) in [4.78, 5) is 0. The van der Waals surface area contributed by atoms with Crippen LogP contribution in [0.2, 0.25) is 0 Å². The lowest BCUT2D eigenvalue weighted by atomic mass is 9.80. The van der Waals surface area contributed by atoms with E-state index in [1.54, 1.807) is 7.11 Å². The number of ether oxygens (including phenoxy) is 4. The van der Waals surface area contributed by atoms with E-state index in [0.717, 1.165) is 0 Å². The van der Waals surface area contributed by atoms with Gasteiger partial charge in [0.25, 0.3) is 0 Å². The first-order valence-electron chi connectivity index (χ1n) is 5.51. The fourth-order valence-corrected chi connectivity index (χ4v) is 2.32. The van der Waals surface area contributed by atoms with Gasteiger partial charge in [0.05, 0.1) is 18.8 Å². The van der Waals surface area contributed by atoms with Crippen LogP contribution < -0.4 is 0 Å². The maximum atomic E-state index is 5.79. The molecule has 0 aromatic rings. The van der Waals surface area contributed by atoms with Crippen LogP contribution in [0.5, 0.6) is 0 Å². The minimum atomic E-state index is -0.277. The lowest BCUT2D eigenvalue weighted by molar-refractivity contribution is -0.325. The van der Waals surface area contributed by atoms with Crippen molar-refractivity contribution in [1.82, 2.24) is 0 Å². The van der Waals surface area contributed by atoms with Crippen molar-refractivity contribution in [3.05, 3.63) is 0 Å². The van der Waals surface area contributed by atoms with Gasteiger partial charge in [0, 0.05) is 13.0 Å². The summed E-state index contributed by atoms with van der Waals surface area (Å²) in [6.45, 7) is 7.43. The Hall–Kier alpha value is -0.160. The maximum absolute atomic E-state index is 5.79. The zero-order chi connectivity index (χ0) is 11.1. The van der Waals surface area contributed by atoms with Gasteiger partial charge in [-0.2, -0.15) is 0 Å². The highest BCUT2D eigenvalue weighted by Gasteiger charge is 2.51. The third kappa shape index (κ3) is 1.80. The van der Waals surface area contributed by atoms with Crippen LogP contribution in [0.15, 0.2) is 0 Å². The first kappa shape index (κ1) is 11.3. The van der Waals surface area contributed by atoms with Gasteiger partial charge < -0.3 is 18.9 Å². The average molecular weight is 216 g/mol. The van der Waals surface area contributed by atoms with Crippen molar-refractivity contribution in [2.45, 2.75) is 44.9 Å². The molecule has 2 heterocycles. The summed E-state index contributed by atoms with van der Waals surface area (Å²) >= 11 is 0. The van der Waals surface area contributed by atoms with Crippen molar-refractivity contribution in [2.24, 2.45) is 5.92 Å². The Morgan fingerprint density at radius 3 is 2.60 bits per heavy atom. The summed E-state index contributed by atoms with van der Waals surface area (Å²) in [5.74, 6) is 0.328. The molecule has 0 spiro atoms. The molecule has 15 heavy (non-hydrogen) atoms. The predicted octanol–water partition coefficient (Wildman–Crippen LogP) is 1.19. The number of hydrogen-bond donors (Lipinski definition) is 0. The Balaban J connectivity index is 2.19. The zero-order valence-corrected chi connectivity index (χ0v) is 9.86. The molecule has 2 saturated heterocycles. The summed E-state index contributed by atoms with van der Waals surface area (Å²) in [6, 6.07) is 0. The molecule has 88 valence electrons. The molecule has 0 saturated carbocycles. The molecule has 0 aliphatic carbocycles. The number of rotatable bonds is 1. The largest absolute Gasteiger partial charge is 0.375 e. The van der Waals surface area contributed by atoms with Crippen LogP contribution in [0, 0.1) is 5.92 Å². The van der Waals surface area contributed by atoms with Gasteiger partial charge in [0.2, 0.25) is 0 Å². The van der Waals surface area contributed by atoms with E-state index in [1.807, 2.05) is 6.92 Å². The van der Waals surface area contributed by atoms with Crippen LogP contribution in [0.1, 0.15) is 20.8 Å². The van der Waals surface area contributed by atoms with Gasteiger partial charge in [-0.3, -0.25) is 0 Å². The summed E-state index contributed by atoms with van der Waals surface area (Å²) in [6.07, 6.45) is -0.202. The Morgan fingerprint density at radius 1 is 1.20 bits per heavy atom. The van der Waals surface area contributed by atoms with Crippen molar-refractivity contribution in [3.8, 4) is 0 Å². The Kier molecular flexibility index (Phi) is 3.03. The molecular weight excluding hydrogens is 196 g/mol. The highest BCUT2D eigenvalue weighted by molar-refractivity contribution is 4.98. The first-order chi connectivity index (χ1) is 7.08. The molecule has 4 heteroatoms. The molecule has 2 fully saturated rings. The van der Waals surface area contributed by atoms with Gasteiger partial charge >= 0.3 is 0 Å². The second-order valence-corrected chi connectivity index (χ2v) is 4.62. The standard InChI is InChI=1S/C11H20O4/c1-7-5-14-9-6-13-8(2)15-10(9)11(7,3)12-4/h7-10H,5-6H2,1-4H3. The van der Waals surface area contributed by atoms with Gasteiger partial charge in [-0.25, -0.2) is 0 Å². The van der Waals surface area contributed by atoms with Crippen LogP contribution >= 0.6 is 0 Å². The Bertz CT molecular complexity index is 231. The van der Waals surface area contributed by atoms with Gasteiger partial charge in [-0.15, -0.1) is 0 Å². The molecular formula is C11H20O4. The molecule has 2 rings (SSSR count). The maximum Gasteiger partial charge on any atom is 0.155 e. The summed E-state index contributed by atoms with van der Waals surface area (Å²) in [7, 11) is 1.74. The average Bonchev–Trinajstić information content (AvgIpc) is 2.24. The molecule has 0 aromatic heterocycles. The predicted molar refractivity (Wildman–Crippen MR) is 54.6 cm³/mol. The normalized spacial score (nSPS) is 51.2. The smallest absolute Gasteiger partial charge is 0.155 e. The number of hydrogen-bond acceptors (Lipinski definition) is 4. The highest BCUT2D eigenvalue weighted by atomic mass is 16.7. The fourth-order valence-electron chi connectivity index (χ4n) is 2.32. The van der Waals surface area contributed by atoms with Crippen molar-refractivity contribution in [1.29, 1.82) is 0 Å². The molecule has 5 atom stereocenters. The molecule has 0 bridgehead atoms. The van der Waals surface area contributed by atoms with Crippen LogP contribution in [0.25, 0.3) is 0 Å². The molecule has 0 N–H and O–H groups in total. The van der Waals surface area contributed by atoms with Crippen LogP contribution in [-0.4, -0.2) is 44.4 Å². The second kappa shape index (κ2) is 4.01. The van der Waals surface area contributed by atoms with E-state index < -0.39 is 0 Å². The second-order valence-electron chi connectivity index (χ2n) is 4.62. The van der Waals surface area contributed by atoms with Crippen LogP contribution in [0.4, 0.5) is 0 Å². The molecule has 0 radical (unpaired) electrons. The first-order valence-corrected chi connectivity index (χ1v) is 5.51. The highest BCUT2D eigenvalue weighted by Crippen LogP contribution is 2.37. The third-order valence-corrected chi connectivity index (χ3v) is 3.71. The van der Waals surface area contributed by atoms with E-state index in [4.69, 9.17) is 18.9 Å². The third-order valence-electron chi connectivity index (χ3n) is 3.71. The fraction of sp³-hybridized carbons (Fsp3) is 1.00. The molecule has 2 aliphatic rings. The van der Waals surface area contributed by atoms with Crippen LogP contribution in [-0.2, 0) is 18.9 Å². The van der Waals surface area contributed by atoms with Crippen LogP contribution in [0.3, 0.4) is 0 Å². The van der Waals surface area contributed by atoms with Crippen molar-refractivity contribution >= 4 is 0 Å². The Labute approximate surface area is 90.8 Å². The van der Waals surface area contributed by atoms with Gasteiger partial charge in [-0.05, 0) is 13.8 Å². The van der Waals surface area contributed by atoms with Gasteiger partial charge in [-0.1, -0.05) is 6.92 Å². The van der Waals surface area contributed by atoms with Crippen molar-refractivity contribution in [2.75, 3.05) is 20.3 Å². The van der Waals surface area contributed by atoms with Gasteiger partial charge in [0.15, 0.2) is 6.29 Å². The van der Waals surface area contributed by atoms with E-state index in [0.29, 0.717) is 19.1 Å². The van der Waals surface area contributed by atoms with Crippen molar-refractivity contribution in [3.63, 3.8) is 0 Å².